The number of amides is 1. The standard InChI is InChI=1S/C17H15N5O3S2/c1-11-13(8-5-9-14(11)22(24)25)19-15(23)10-26-17-21-20-16(27-17)18-12-6-3-2-4-7-12/h2-9H,10H2,1H3,(H,18,20)(H,19,23). The zero-order valence-corrected chi connectivity index (χ0v) is 15.8. The summed E-state index contributed by atoms with van der Waals surface area (Å²) in [5.41, 5.74) is 1.73. The monoisotopic (exact) mass is 401 g/mol. The lowest BCUT2D eigenvalue weighted by Crippen LogP contribution is -2.15. The van der Waals surface area contributed by atoms with Crippen molar-refractivity contribution in [3.63, 3.8) is 0 Å². The number of nitrogens with zero attached hydrogens (tertiary/aromatic N) is 3. The highest BCUT2D eigenvalue weighted by atomic mass is 32.2. The zero-order chi connectivity index (χ0) is 19.2. The van der Waals surface area contributed by atoms with Crippen molar-refractivity contribution in [2.45, 2.75) is 11.3 Å². The molecule has 27 heavy (non-hydrogen) atoms. The Bertz CT molecular complexity index is 962. The summed E-state index contributed by atoms with van der Waals surface area (Å²) in [5, 5.41) is 25.5. The minimum absolute atomic E-state index is 0.0267. The highest BCUT2D eigenvalue weighted by molar-refractivity contribution is 8.01. The van der Waals surface area contributed by atoms with Crippen molar-refractivity contribution < 1.29 is 9.72 Å². The number of nitrogens with one attached hydrogen (secondary N) is 2. The van der Waals surface area contributed by atoms with Crippen LogP contribution in [0.5, 0.6) is 0 Å². The predicted octanol–water partition coefficient (Wildman–Crippen LogP) is 4.23. The van der Waals surface area contributed by atoms with Gasteiger partial charge in [-0.2, -0.15) is 0 Å². The highest BCUT2D eigenvalue weighted by Gasteiger charge is 2.15. The third-order valence-electron chi connectivity index (χ3n) is 3.53. The molecule has 0 aliphatic carbocycles. The molecule has 1 heterocycles. The summed E-state index contributed by atoms with van der Waals surface area (Å²) in [4.78, 5) is 22.7. The Hall–Kier alpha value is -2.98. The Morgan fingerprint density at radius 2 is 1.96 bits per heavy atom. The maximum Gasteiger partial charge on any atom is 0.274 e. The molecule has 3 aromatic rings. The average molecular weight is 401 g/mol. The molecule has 0 aliphatic heterocycles. The van der Waals surface area contributed by atoms with Crippen molar-refractivity contribution in [3.8, 4) is 0 Å². The van der Waals surface area contributed by atoms with Crippen molar-refractivity contribution in [1.29, 1.82) is 0 Å². The molecule has 0 radical (unpaired) electrons. The van der Waals surface area contributed by atoms with Gasteiger partial charge in [0.25, 0.3) is 5.69 Å². The van der Waals surface area contributed by atoms with Gasteiger partial charge in [-0.05, 0) is 25.1 Å². The third-order valence-corrected chi connectivity index (χ3v) is 5.51. The summed E-state index contributed by atoms with van der Waals surface area (Å²) in [6.45, 7) is 1.60. The first kappa shape index (κ1) is 18.8. The van der Waals surface area contributed by atoms with E-state index in [2.05, 4.69) is 20.8 Å². The molecule has 1 amide bonds. The van der Waals surface area contributed by atoms with E-state index in [4.69, 9.17) is 0 Å². The first-order valence-corrected chi connectivity index (χ1v) is 9.65. The molecule has 10 heteroatoms. The molecule has 8 nitrogen and oxygen atoms in total. The van der Waals surface area contributed by atoms with Crippen LogP contribution in [0.15, 0.2) is 52.9 Å². The SMILES string of the molecule is Cc1c(NC(=O)CSc2nnc(Nc3ccccc3)s2)cccc1[N+](=O)[O-]. The maximum atomic E-state index is 12.2. The van der Waals surface area contributed by atoms with Crippen LogP contribution in [0.2, 0.25) is 0 Å². The first-order chi connectivity index (χ1) is 13.0. The van der Waals surface area contributed by atoms with E-state index in [9.17, 15) is 14.9 Å². The minimum atomic E-state index is -0.470. The lowest BCUT2D eigenvalue weighted by molar-refractivity contribution is -0.385. The molecular formula is C17H15N5O3S2. The summed E-state index contributed by atoms with van der Waals surface area (Å²) >= 11 is 2.60. The number of nitro benzene ring substituents is 1. The third kappa shape index (κ3) is 5.02. The molecule has 0 aliphatic rings. The second kappa shape index (κ2) is 8.60. The number of carbonyl (C=O) groups is 1. The van der Waals surface area contributed by atoms with Gasteiger partial charge in [-0.3, -0.25) is 14.9 Å². The molecule has 2 aromatic carbocycles. The Morgan fingerprint density at radius 1 is 1.19 bits per heavy atom. The number of hydrogen-bond donors (Lipinski definition) is 2. The normalized spacial score (nSPS) is 10.4. The number of rotatable bonds is 7. The molecule has 0 bridgehead atoms. The van der Waals surface area contributed by atoms with Gasteiger partial charge in [0.1, 0.15) is 0 Å². The second-order valence-electron chi connectivity index (χ2n) is 5.41. The molecule has 0 saturated carbocycles. The number of nitro groups is 1. The number of aromatic nitrogens is 2. The number of hydrogen-bond acceptors (Lipinski definition) is 8. The van der Waals surface area contributed by atoms with Crippen LogP contribution in [0.4, 0.5) is 22.2 Å². The fraction of sp³-hybridized carbons (Fsp3) is 0.118. The Morgan fingerprint density at radius 3 is 2.70 bits per heavy atom. The van der Waals surface area contributed by atoms with Crippen LogP contribution < -0.4 is 10.6 Å². The van der Waals surface area contributed by atoms with Crippen LogP contribution in [-0.2, 0) is 4.79 Å². The molecule has 0 saturated heterocycles. The highest BCUT2D eigenvalue weighted by Crippen LogP contribution is 2.28. The van der Waals surface area contributed by atoms with Crippen LogP contribution in [-0.4, -0.2) is 26.8 Å². The summed E-state index contributed by atoms with van der Waals surface area (Å²) < 4.78 is 0.652. The predicted molar refractivity (Wildman–Crippen MR) is 107 cm³/mol. The molecule has 138 valence electrons. The lowest BCUT2D eigenvalue weighted by atomic mass is 10.1. The molecule has 1 aromatic heterocycles. The van der Waals surface area contributed by atoms with Gasteiger partial charge in [-0.15, -0.1) is 10.2 Å². The van der Waals surface area contributed by atoms with Crippen molar-refractivity contribution in [2.24, 2.45) is 0 Å². The van der Waals surface area contributed by atoms with Crippen LogP contribution in [0.25, 0.3) is 0 Å². The molecule has 0 unspecified atom stereocenters. The van der Waals surface area contributed by atoms with E-state index in [0.29, 0.717) is 20.7 Å². The Labute approximate surface area is 163 Å². The van der Waals surface area contributed by atoms with Crippen LogP contribution >= 0.6 is 23.1 Å². The Balaban J connectivity index is 1.56. The van der Waals surface area contributed by atoms with E-state index < -0.39 is 4.92 Å². The largest absolute Gasteiger partial charge is 0.330 e. The zero-order valence-electron chi connectivity index (χ0n) is 14.2. The lowest BCUT2D eigenvalue weighted by Gasteiger charge is -2.07. The summed E-state index contributed by atoms with van der Waals surface area (Å²) in [6.07, 6.45) is 0. The van der Waals surface area contributed by atoms with E-state index in [1.54, 1.807) is 19.1 Å². The average Bonchev–Trinajstić information content (AvgIpc) is 3.10. The van der Waals surface area contributed by atoms with Crippen LogP contribution in [0, 0.1) is 17.0 Å². The van der Waals surface area contributed by atoms with Gasteiger partial charge < -0.3 is 10.6 Å². The van der Waals surface area contributed by atoms with E-state index in [1.165, 1.54) is 29.2 Å². The van der Waals surface area contributed by atoms with Gasteiger partial charge in [-0.1, -0.05) is 47.4 Å². The van der Waals surface area contributed by atoms with Crippen LogP contribution in [0.1, 0.15) is 5.56 Å². The number of carbonyl (C=O) groups excluding carboxylic acids is 1. The number of benzene rings is 2. The maximum absolute atomic E-state index is 12.2. The molecule has 0 fully saturated rings. The van der Waals surface area contributed by atoms with E-state index in [0.717, 1.165) is 5.69 Å². The summed E-state index contributed by atoms with van der Waals surface area (Å²) in [5.74, 6) is -0.140. The fourth-order valence-corrected chi connectivity index (χ4v) is 3.81. The van der Waals surface area contributed by atoms with Gasteiger partial charge in [0.2, 0.25) is 11.0 Å². The van der Waals surface area contributed by atoms with E-state index >= 15 is 0 Å². The van der Waals surface area contributed by atoms with Gasteiger partial charge in [-0.25, -0.2) is 0 Å². The van der Waals surface area contributed by atoms with Crippen molar-refractivity contribution in [1.82, 2.24) is 10.2 Å². The molecule has 0 spiro atoms. The quantitative estimate of drug-likeness (QED) is 0.346. The van der Waals surface area contributed by atoms with Gasteiger partial charge in [0.05, 0.1) is 21.9 Å². The number of thioether (sulfide) groups is 1. The van der Waals surface area contributed by atoms with Gasteiger partial charge in [0.15, 0.2) is 4.34 Å². The number of para-hydroxylation sites is 1. The molecule has 3 rings (SSSR count). The Kier molecular flexibility index (Phi) is 5.99. The molecular weight excluding hydrogens is 386 g/mol. The topological polar surface area (TPSA) is 110 Å². The van der Waals surface area contributed by atoms with Crippen molar-refractivity contribution >= 4 is 51.2 Å². The summed E-state index contributed by atoms with van der Waals surface area (Å²) in [6, 6.07) is 14.2. The van der Waals surface area contributed by atoms with E-state index in [-0.39, 0.29) is 17.3 Å². The van der Waals surface area contributed by atoms with E-state index in [1.807, 2.05) is 30.3 Å². The van der Waals surface area contributed by atoms with Crippen molar-refractivity contribution in [2.75, 3.05) is 16.4 Å². The van der Waals surface area contributed by atoms with Gasteiger partial charge >= 0.3 is 0 Å². The van der Waals surface area contributed by atoms with Crippen molar-refractivity contribution in [3.05, 3.63) is 64.2 Å². The number of anilines is 3. The fourth-order valence-electron chi connectivity index (χ4n) is 2.23. The minimum Gasteiger partial charge on any atom is -0.330 e. The second-order valence-corrected chi connectivity index (χ2v) is 7.61. The van der Waals surface area contributed by atoms with Gasteiger partial charge in [0, 0.05) is 11.8 Å². The summed E-state index contributed by atoms with van der Waals surface area (Å²) in [7, 11) is 0. The first-order valence-electron chi connectivity index (χ1n) is 7.85. The molecule has 2 N–H and O–H groups in total. The van der Waals surface area contributed by atoms with Crippen LogP contribution in [0.3, 0.4) is 0 Å². The smallest absolute Gasteiger partial charge is 0.274 e. The molecule has 0 atom stereocenters.